The number of hydrogen-bond acceptors (Lipinski definition) is 4. The molecule has 1 aliphatic carbocycles. The maximum atomic E-state index is 13.9. The third kappa shape index (κ3) is 9.70. The number of amides is 3. The molecular formula is C31H41F2N3O4. The second-order valence-corrected chi connectivity index (χ2v) is 10.8. The first-order valence-electron chi connectivity index (χ1n) is 14.2. The lowest BCUT2D eigenvalue weighted by Crippen LogP contribution is -2.46. The van der Waals surface area contributed by atoms with Crippen LogP contribution in [0, 0.1) is 24.5 Å². The van der Waals surface area contributed by atoms with Crippen LogP contribution in [0.5, 0.6) is 0 Å². The molecule has 0 saturated heterocycles. The van der Waals surface area contributed by atoms with Gasteiger partial charge in [0.1, 0.15) is 11.6 Å². The summed E-state index contributed by atoms with van der Waals surface area (Å²) in [7, 11) is 0. The maximum Gasteiger partial charge on any atom is 0.253 e. The molecule has 0 bridgehead atoms. The van der Waals surface area contributed by atoms with Gasteiger partial charge in [0.2, 0.25) is 5.91 Å². The highest BCUT2D eigenvalue weighted by molar-refractivity contribution is 6.00. The Balaban J connectivity index is 1.77. The van der Waals surface area contributed by atoms with Gasteiger partial charge in [0.05, 0.1) is 12.1 Å². The number of hydrogen-bond donors (Lipinski definition) is 3. The predicted octanol–water partition coefficient (Wildman–Crippen LogP) is 4.54. The van der Waals surface area contributed by atoms with Crippen molar-refractivity contribution in [3.8, 4) is 0 Å². The van der Waals surface area contributed by atoms with E-state index in [1.54, 1.807) is 24.0 Å². The minimum atomic E-state index is -1.10. The van der Waals surface area contributed by atoms with Gasteiger partial charge in [-0.15, -0.1) is 0 Å². The number of halogens is 2. The van der Waals surface area contributed by atoms with E-state index in [-0.39, 0.29) is 42.3 Å². The first kappa shape index (κ1) is 31.2. The van der Waals surface area contributed by atoms with E-state index in [4.69, 9.17) is 0 Å². The lowest BCUT2D eigenvalue weighted by atomic mass is 9.97. The van der Waals surface area contributed by atoms with E-state index >= 15 is 0 Å². The highest BCUT2D eigenvalue weighted by atomic mass is 19.1. The lowest BCUT2D eigenvalue weighted by Gasteiger charge is -2.25. The maximum absolute atomic E-state index is 13.9. The Bertz CT molecular complexity index is 1160. The predicted molar refractivity (Wildman–Crippen MR) is 150 cm³/mol. The average molecular weight is 558 g/mol. The number of aliphatic hydroxyl groups excluding tert-OH is 1. The van der Waals surface area contributed by atoms with Crippen LogP contribution in [0.2, 0.25) is 0 Å². The van der Waals surface area contributed by atoms with Gasteiger partial charge in [-0.05, 0) is 92.8 Å². The minimum Gasteiger partial charge on any atom is -0.391 e. The molecule has 0 heterocycles. The minimum absolute atomic E-state index is 0.0318. The number of aliphatic hydroxyl groups is 1. The number of carbonyl (C=O) groups is 3. The Kier molecular flexibility index (Phi) is 11.6. The van der Waals surface area contributed by atoms with Crippen molar-refractivity contribution in [3.05, 3.63) is 70.3 Å². The number of rotatable bonds is 15. The van der Waals surface area contributed by atoms with Crippen LogP contribution >= 0.6 is 0 Å². The van der Waals surface area contributed by atoms with Crippen LogP contribution in [0.15, 0.2) is 36.4 Å². The molecule has 3 rings (SSSR count). The molecule has 0 aromatic heterocycles. The normalized spacial score (nSPS) is 14.3. The summed E-state index contributed by atoms with van der Waals surface area (Å²) in [6, 6.07) is 7.10. The molecule has 3 N–H and O–H groups in total. The van der Waals surface area contributed by atoms with Gasteiger partial charge in [-0.3, -0.25) is 14.4 Å². The number of nitrogens with one attached hydrogen (secondary N) is 2. The summed E-state index contributed by atoms with van der Waals surface area (Å²) < 4.78 is 27.7. The Hall–Kier alpha value is -3.33. The van der Waals surface area contributed by atoms with Gasteiger partial charge >= 0.3 is 0 Å². The Labute approximate surface area is 235 Å². The monoisotopic (exact) mass is 557 g/mol. The molecule has 3 amide bonds. The molecule has 0 aliphatic heterocycles. The second-order valence-electron chi connectivity index (χ2n) is 10.8. The summed E-state index contributed by atoms with van der Waals surface area (Å²) in [6.45, 7) is 7.21. The van der Waals surface area contributed by atoms with Crippen molar-refractivity contribution >= 4 is 17.7 Å². The number of nitrogens with zero attached hydrogens (tertiary/aromatic N) is 1. The van der Waals surface area contributed by atoms with Crippen LogP contribution in [0.4, 0.5) is 8.78 Å². The SMILES string of the molecule is CCCN(CCC)C(=O)c1cc(C)cc(C(=O)N[C@@H](Cc2cc(F)cc(F)c2)[C@H](O)CCNC(=O)CC2CC2)c1. The second kappa shape index (κ2) is 14.9. The zero-order valence-electron chi connectivity index (χ0n) is 23.6. The first-order chi connectivity index (χ1) is 19.1. The fourth-order valence-corrected chi connectivity index (χ4v) is 4.81. The quantitative estimate of drug-likeness (QED) is 0.299. The molecule has 2 aromatic carbocycles. The van der Waals surface area contributed by atoms with E-state index in [1.165, 1.54) is 6.07 Å². The van der Waals surface area contributed by atoms with Crippen molar-refractivity contribution in [2.45, 2.75) is 77.9 Å². The fourth-order valence-electron chi connectivity index (χ4n) is 4.81. The smallest absolute Gasteiger partial charge is 0.253 e. The van der Waals surface area contributed by atoms with Crippen LogP contribution in [-0.4, -0.2) is 59.5 Å². The zero-order valence-corrected chi connectivity index (χ0v) is 23.6. The van der Waals surface area contributed by atoms with E-state index in [1.807, 2.05) is 13.8 Å². The number of carbonyl (C=O) groups excluding carboxylic acids is 3. The summed E-state index contributed by atoms with van der Waals surface area (Å²) in [5, 5.41) is 16.6. The fraction of sp³-hybridized carbons (Fsp3) is 0.516. The van der Waals surface area contributed by atoms with E-state index in [9.17, 15) is 28.3 Å². The Morgan fingerprint density at radius 2 is 1.60 bits per heavy atom. The van der Waals surface area contributed by atoms with Gasteiger partial charge in [0.25, 0.3) is 11.8 Å². The molecule has 0 spiro atoms. The van der Waals surface area contributed by atoms with E-state index in [2.05, 4.69) is 10.6 Å². The summed E-state index contributed by atoms with van der Waals surface area (Å²) in [6.07, 6.45) is 3.19. The zero-order chi connectivity index (χ0) is 29.2. The molecule has 9 heteroatoms. The third-order valence-corrected chi connectivity index (χ3v) is 6.95. The van der Waals surface area contributed by atoms with Crippen molar-refractivity contribution in [2.75, 3.05) is 19.6 Å². The van der Waals surface area contributed by atoms with Crippen molar-refractivity contribution in [1.82, 2.24) is 15.5 Å². The van der Waals surface area contributed by atoms with Gasteiger partial charge in [0.15, 0.2) is 0 Å². The van der Waals surface area contributed by atoms with Gasteiger partial charge in [-0.1, -0.05) is 13.8 Å². The van der Waals surface area contributed by atoms with Crippen molar-refractivity contribution in [3.63, 3.8) is 0 Å². The standard InChI is InChI=1S/C31H41F2N3O4/c1-4-10-36(11-5-2)31(40)24-13-20(3)12-23(18-24)30(39)35-27(16-22-14-25(32)19-26(33)15-22)28(37)8-9-34-29(38)17-21-6-7-21/h12-15,18-19,21,27-28,37H,4-11,16-17H2,1-3H3,(H,34,38)(H,35,39)/t27-,28+/m0/s1. The number of aryl methyl sites for hydroxylation is 1. The highest BCUT2D eigenvalue weighted by Gasteiger charge is 2.26. The van der Waals surface area contributed by atoms with Gasteiger partial charge < -0.3 is 20.6 Å². The Morgan fingerprint density at radius 1 is 0.975 bits per heavy atom. The lowest BCUT2D eigenvalue weighted by molar-refractivity contribution is -0.121. The van der Waals surface area contributed by atoms with Gasteiger partial charge in [-0.2, -0.15) is 0 Å². The number of benzene rings is 2. The molecular weight excluding hydrogens is 516 g/mol. The summed E-state index contributed by atoms with van der Waals surface area (Å²) >= 11 is 0. The van der Waals surface area contributed by atoms with Crippen LogP contribution in [0.3, 0.4) is 0 Å². The molecule has 1 fully saturated rings. The molecule has 7 nitrogen and oxygen atoms in total. The topological polar surface area (TPSA) is 98.7 Å². The van der Waals surface area contributed by atoms with Crippen LogP contribution < -0.4 is 10.6 Å². The van der Waals surface area contributed by atoms with E-state index in [0.29, 0.717) is 31.0 Å². The molecule has 40 heavy (non-hydrogen) atoms. The van der Waals surface area contributed by atoms with Gasteiger partial charge in [0, 0.05) is 43.2 Å². The molecule has 2 atom stereocenters. The highest BCUT2D eigenvalue weighted by Crippen LogP contribution is 2.32. The first-order valence-corrected chi connectivity index (χ1v) is 14.2. The molecule has 2 aromatic rings. The van der Waals surface area contributed by atoms with Crippen molar-refractivity contribution in [1.29, 1.82) is 0 Å². The molecule has 218 valence electrons. The summed E-state index contributed by atoms with van der Waals surface area (Å²) in [5.74, 6) is -1.84. The third-order valence-electron chi connectivity index (χ3n) is 6.95. The van der Waals surface area contributed by atoms with Crippen molar-refractivity contribution in [2.24, 2.45) is 5.92 Å². The average Bonchev–Trinajstić information content (AvgIpc) is 3.70. The van der Waals surface area contributed by atoms with Crippen molar-refractivity contribution < 1.29 is 28.3 Å². The summed E-state index contributed by atoms with van der Waals surface area (Å²) in [5.41, 5.74) is 1.65. The van der Waals surface area contributed by atoms with Crippen LogP contribution in [0.1, 0.15) is 84.2 Å². The summed E-state index contributed by atoms with van der Waals surface area (Å²) in [4.78, 5) is 40.4. The van der Waals surface area contributed by atoms with Crippen LogP contribution in [-0.2, 0) is 11.2 Å². The molecule has 1 saturated carbocycles. The molecule has 0 radical (unpaired) electrons. The molecule has 1 aliphatic rings. The molecule has 0 unspecified atom stereocenters. The van der Waals surface area contributed by atoms with Gasteiger partial charge in [-0.25, -0.2) is 8.78 Å². The van der Waals surface area contributed by atoms with E-state index in [0.717, 1.165) is 49.4 Å². The van der Waals surface area contributed by atoms with Crippen LogP contribution in [0.25, 0.3) is 0 Å². The van der Waals surface area contributed by atoms with E-state index < -0.39 is 29.7 Å². The Morgan fingerprint density at radius 3 is 2.20 bits per heavy atom. The largest absolute Gasteiger partial charge is 0.391 e.